The van der Waals surface area contributed by atoms with E-state index >= 15 is 0 Å². The van der Waals surface area contributed by atoms with Crippen molar-refractivity contribution in [1.82, 2.24) is 5.32 Å². The SMILES string of the molecule is CCCc1ccc(C(C)NCCc2ccccc2)cc1. The Balaban J connectivity index is 1.80. The number of hydrogen-bond donors (Lipinski definition) is 1. The lowest BCUT2D eigenvalue weighted by molar-refractivity contribution is 0.576. The van der Waals surface area contributed by atoms with Gasteiger partial charge in [-0.3, -0.25) is 0 Å². The zero-order chi connectivity index (χ0) is 14.2. The fourth-order valence-corrected chi connectivity index (χ4v) is 2.46. The predicted octanol–water partition coefficient (Wildman–Crippen LogP) is 4.53. The van der Waals surface area contributed by atoms with Crippen molar-refractivity contribution < 1.29 is 0 Å². The first-order chi connectivity index (χ1) is 9.79. The van der Waals surface area contributed by atoms with Crippen molar-refractivity contribution >= 4 is 0 Å². The van der Waals surface area contributed by atoms with E-state index in [-0.39, 0.29) is 0 Å². The van der Waals surface area contributed by atoms with Gasteiger partial charge >= 0.3 is 0 Å². The van der Waals surface area contributed by atoms with Gasteiger partial charge in [0, 0.05) is 6.04 Å². The van der Waals surface area contributed by atoms with E-state index in [1.807, 2.05) is 0 Å². The number of benzene rings is 2. The van der Waals surface area contributed by atoms with Crippen LogP contribution in [-0.4, -0.2) is 6.54 Å². The Morgan fingerprint density at radius 3 is 2.15 bits per heavy atom. The van der Waals surface area contributed by atoms with E-state index in [4.69, 9.17) is 0 Å². The number of rotatable bonds is 7. The van der Waals surface area contributed by atoms with Crippen molar-refractivity contribution in [2.75, 3.05) is 6.54 Å². The number of hydrogen-bond acceptors (Lipinski definition) is 1. The maximum Gasteiger partial charge on any atom is 0.0291 e. The quantitative estimate of drug-likeness (QED) is 0.777. The van der Waals surface area contributed by atoms with Crippen molar-refractivity contribution in [2.45, 2.75) is 39.2 Å². The largest absolute Gasteiger partial charge is 0.310 e. The molecule has 0 bridgehead atoms. The molecule has 2 aromatic carbocycles. The molecule has 1 atom stereocenters. The topological polar surface area (TPSA) is 12.0 Å². The Labute approximate surface area is 123 Å². The lowest BCUT2D eigenvalue weighted by atomic mass is 10.0. The Hall–Kier alpha value is -1.60. The molecule has 0 aromatic heterocycles. The summed E-state index contributed by atoms with van der Waals surface area (Å²) < 4.78 is 0. The monoisotopic (exact) mass is 267 g/mol. The van der Waals surface area contributed by atoms with E-state index in [9.17, 15) is 0 Å². The number of nitrogens with one attached hydrogen (secondary N) is 1. The summed E-state index contributed by atoms with van der Waals surface area (Å²) in [4.78, 5) is 0. The van der Waals surface area contributed by atoms with Gasteiger partial charge in [-0.2, -0.15) is 0 Å². The summed E-state index contributed by atoms with van der Waals surface area (Å²) in [6, 6.07) is 20.1. The van der Waals surface area contributed by atoms with Crippen molar-refractivity contribution in [3.8, 4) is 0 Å². The third-order valence-electron chi connectivity index (χ3n) is 3.73. The zero-order valence-electron chi connectivity index (χ0n) is 12.6. The molecule has 2 rings (SSSR count). The summed E-state index contributed by atoms with van der Waals surface area (Å²) in [7, 11) is 0. The average molecular weight is 267 g/mol. The fraction of sp³-hybridized carbons (Fsp3) is 0.368. The summed E-state index contributed by atoms with van der Waals surface area (Å²) >= 11 is 0. The van der Waals surface area contributed by atoms with Crippen LogP contribution in [0.15, 0.2) is 54.6 Å². The van der Waals surface area contributed by atoms with Crippen molar-refractivity contribution in [1.29, 1.82) is 0 Å². The maximum absolute atomic E-state index is 3.60. The minimum absolute atomic E-state index is 0.411. The highest BCUT2D eigenvalue weighted by Gasteiger charge is 2.04. The van der Waals surface area contributed by atoms with Crippen molar-refractivity contribution in [2.24, 2.45) is 0 Å². The molecule has 0 radical (unpaired) electrons. The Bertz CT molecular complexity index is 487. The highest BCUT2D eigenvalue weighted by molar-refractivity contribution is 5.25. The molecule has 0 heterocycles. The molecule has 106 valence electrons. The van der Waals surface area contributed by atoms with Crippen molar-refractivity contribution in [3.05, 3.63) is 71.3 Å². The van der Waals surface area contributed by atoms with Gasteiger partial charge in [0.1, 0.15) is 0 Å². The molecule has 0 saturated carbocycles. The Kier molecular flexibility index (Phi) is 5.82. The van der Waals surface area contributed by atoms with E-state index < -0.39 is 0 Å². The number of aryl methyl sites for hydroxylation is 1. The standard InChI is InChI=1S/C19H25N/c1-3-7-17-10-12-19(13-11-17)16(2)20-15-14-18-8-5-4-6-9-18/h4-6,8-13,16,20H,3,7,14-15H2,1-2H3. The van der Waals surface area contributed by atoms with Gasteiger partial charge in [-0.1, -0.05) is 67.9 Å². The van der Waals surface area contributed by atoms with Crippen LogP contribution < -0.4 is 5.32 Å². The van der Waals surface area contributed by atoms with Gasteiger partial charge < -0.3 is 5.32 Å². The molecule has 0 saturated heterocycles. The molecule has 1 unspecified atom stereocenters. The Morgan fingerprint density at radius 1 is 0.850 bits per heavy atom. The summed E-state index contributed by atoms with van der Waals surface area (Å²) in [5, 5.41) is 3.60. The van der Waals surface area contributed by atoms with Crippen LogP contribution >= 0.6 is 0 Å². The maximum atomic E-state index is 3.60. The molecule has 20 heavy (non-hydrogen) atoms. The molecule has 0 spiro atoms. The Morgan fingerprint density at radius 2 is 1.50 bits per heavy atom. The molecule has 0 fully saturated rings. The first kappa shape index (κ1) is 14.8. The van der Waals surface area contributed by atoms with E-state index in [1.54, 1.807) is 0 Å². The lowest BCUT2D eigenvalue weighted by Gasteiger charge is -2.15. The van der Waals surface area contributed by atoms with Crippen LogP contribution in [0.3, 0.4) is 0 Å². The van der Waals surface area contributed by atoms with Crippen molar-refractivity contribution in [3.63, 3.8) is 0 Å². The van der Waals surface area contributed by atoms with Crippen LogP contribution in [0.5, 0.6) is 0 Å². The molecular weight excluding hydrogens is 242 g/mol. The molecular formula is C19H25N. The molecule has 0 aliphatic rings. The lowest BCUT2D eigenvalue weighted by Crippen LogP contribution is -2.21. The second-order valence-electron chi connectivity index (χ2n) is 5.40. The van der Waals surface area contributed by atoms with Gasteiger partial charge in [0.25, 0.3) is 0 Å². The zero-order valence-corrected chi connectivity index (χ0v) is 12.6. The minimum Gasteiger partial charge on any atom is -0.310 e. The van der Waals surface area contributed by atoms with Crippen LogP contribution in [-0.2, 0) is 12.8 Å². The third kappa shape index (κ3) is 4.50. The smallest absolute Gasteiger partial charge is 0.0291 e. The fourth-order valence-electron chi connectivity index (χ4n) is 2.46. The van der Waals surface area contributed by atoms with Crippen LogP contribution in [0.4, 0.5) is 0 Å². The molecule has 1 nitrogen and oxygen atoms in total. The second-order valence-corrected chi connectivity index (χ2v) is 5.40. The van der Waals surface area contributed by atoms with Gasteiger partial charge in [-0.05, 0) is 43.0 Å². The average Bonchev–Trinajstić information content (AvgIpc) is 2.49. The minimum atomic E-state index is 0.411. The second kappa shape index (κ2) is 7.86. The summed E-state index contributed by atoms with van der Waals surface area (Å²) in [5.41, 5.74) is 4.20. The normalized spacial score (nSPS) is 12.3. The van der Waals surface area contributed by atoms with E-state index in [1.165, 1.54) is 29.5 Å². The molecule has 0 aliphatic heterocycles. The first-order valence-corrected chi connectivity index (χ1v) is 7.65. The predicted molar refractivity (Wildman–Crippen MR) is 87.0 cm³/mol. The van der Waals surface area contributed by atoms with Gasteiger partial charge in [0.15, 0.2) is 0 Å². The van der Waals surface area contributed by atoms with Gasteiger partial charge in [0.2, 0.25) is 0 Å². The van der Waals surface area contributed by atoms with E-state index in [0.717, 1.165) is 13.0 Å². The molecule has 1 heteroatoms. The summed E-state index contributed by atoms with van der Waals surface area (Å²) in [6.45, 7) is 5.48. The summed E-state index contributed by atoms with van der Waals surface area (Å²) in [5.74, 6) is 0. The highest BCUT2D eigenvalue weighted by Crippen LogP contribution is 2.14. The van der Waals surface area contributed by atoms with Gasteiger partial charge in [-0.15, -0.1) is 0 Å². The van der Waals surface area contributed by atoms with Gasteiger partial charge in [-0.25, -0.2) is 0 Å². The summed E-state index contributed by atoms with van der Waals surface area (Å²) in [6.07, 6.45) is 3.47. The van der Waals surface area contributed by atoms with Crippen LogP contribution in [0.1, 0.15) is 43.0 Å². The van der Waals surface area contributed by atoms with E-state index in [0.29, 0.717) is 6.04 Å². The molecule has 0 aliphatic carbocycles. The highest BCUT2D eigenvalue weighted by atomic mass is 14.9. The molecule has 2 aromatic rings. The molecule has 1 N–H and O–H groups in total. The molecule has 0 amide bonds. The first-order valence-electron chi connectivity index (χ1n) is 7.65. The van der Waals surface area contributed by atoms with E-state index in [2.05, 4.69) is 73.8 Å². The van der Waals surface area contributed by atoms with Gasteiger partial charge in [0.05, 0.1) is 0 Å². The van der Waals surface area contributed by atoms with Crippen LogP contribution in [0.2, 0.25) is 0 Å². The van der Waals surface area contributed by atoms with Crippen LogP contribution in [0.25, 0.3) is 0 Å². The third-order valence-corrected chi connectivity index (χ3v) is 3.73. The van der Waals surface area contributed by atoms with Crippen LogP contribution in [0, 0.1) is 0 Å².